The highest BCUT2D eigenvalue weighted by Gasteiger charge is 2.42. The first-order chi connectivity index (χ1) is 18.7. The van der Waals surface area contributed by atoms with Gasteiger partial charge in [-0.25, -0.2) is 27.7 Å². The third-order valence-electron chi connectivity index (χ3n) is 5.68. The molecule has 0 saturated heterocycles. The van der Waals surface area contributed by atoms with Gasteiger partial charge in [-0.1, -0.05) is 0 Å². The molecule has 1 aliphatic rings. The highest BCUT2D eigenvalue weighted by molar-refractivity contribution is 5.89. The van der Waals surface area contributed by atoms with Gasteiger partial charge in [0.2, 0.25) is 11.7 Å². The fraction of sp³-hybridized carbons (Fsp3) is 0.500. The number of fused-ring (bicyclic) bond motifs is 1. The highest BCUT2D eigenvalue weighted by atomic mass is 35.5. The quantitative estimate of drug-likeness (QED) is 0.195. The summed E-state index contributed by atoms with van der Waals surface area (Å²) in [6, 6.07) is -0.0485. The molecule has 0 aliphatic carbocycles. The predicted octanol–water partition coefficient (Wildman–Crippen LogP) is 3.76. The summed E-state index contributed by atoms with van der Waals surface area (Å²) in [6.45, 7) is 1.24. The van der Waals surface area contributed by atoms with Crippen LogP contribution in [0.15, 0.2) is 12.1 Å². The van der Waals surface area contributed by atoms with Gasteiger partial charge in [0.15, 0.2) is 17.3 Å². The molecule has 2 aromatic rings. The zero-order chi connectivity index (χ0) is 29.8. The fourth-order valence-electron chi connectivity index (χ4n) is 3.94. The summed E-state index contributed by atoms with van der Waals surface area (Å²) in [4.78, 5) is 41.3. The Morgan fingerprint density at radius 3 is 2.29 bits per heavy atom. The Morgan fingerprint density at radius 2 is 1.66 bits per heavy atom. The van der Waals surface area contributed by atoms with Crippen molar-refractivity contribution in [3.05, 3.63) is 52.4 Å². The number of benzene rings is 1. The Labute approximate surface area is 236 Å². The average molecular weight is 617 g/mol. The van der Waals surface area contributed by atoms with E-state index in [0.29, 0.717) is 12.1 Å². The Balaban J connectivity index is 0.00000588. The van der Waals surface area contributed by atoms with Crippen molar-refractivity contribution in [3.8, 4) is 0 Å². The summed E-state index contributed by atoms with van der Waals surface area (Å²) in [7, 11) is 0. The van der Waals surface area contributed by atoms with Gasteiger partial charge in [-0.15, -0.1) is 12.4 Å². The molecule has 17 heteroatoms. The number of nitrogens with zero attached hydrogens (tertiary/aromatic N) is 3. The lowest BCUT2D eigenvalue weighted by Gasteiger charge is -2.30. The number of halogens is 7. The molecule has 0 saturated carbocycles. The lowest BCUT2D eigenvalue weighted by molar-refractivity contribution is -0.148. The van der Waals surface area contributed by atoms with Crippen molar-refractivity contribution in [1.82, 2.24) is 14.5 Å². The maximum atomic E-state index is 13.9. The van der Waals surface area contributed by atoms with E-state index < -0.39 is 91.5 Å². The maximum absolute atomic E-state index is 13.9. The molecule has 10 nitrogen and oxygen atoms in total. The van der Waals surface area contributed by atoms with Gasteiger partial charge in [-0.05, 0) is 31.9 Å². The molecule has 0 spiro atoms. The van der Waals surface area contributed by atoms with Crippen molar-refractivity contribution in [2.45, 2.75) is 58.1 Å². The normalized spacial score (nSPS) is 13.8. The van der Waals surface area contributed by atoms with Crippen molar-refractivity contribution in [1.29, 1.82) is 0 Å². The second-order valence-corrected chi connectivity index (χ2v) is 9.12. The van der Waals surface area contributed by atoms with E-state index >= 15 is 0 Å². The zero-order valence-electron chi connectivity index (χ0n) is 21.8. The summed E-state index contributed by atoms with van der Waals surface area (Å²) in [5, 5.41) is 0. The molecule has 1 aromatic carbocycles. The number of amides is 1. The molecule has 1 aliphatic heterocycles. The van der Waals surface area contributed by atoms with E-state index in [9.17, 15) is 40.7 Å². The largest absolute Gasteiger partial charge is 0.508 e. The minimum Gasteiger partial charge on any atom is -0.457 e. The van der Waals surface area contributed by atoms with Gasteiger partial charge in [-0.3, -0.25) is 4.79 Å². The van der Waals surface area contributed by atoms with Crippen LogP contribution in [-0.4, -0.2) is 64.4 Å². The first-order valence-electron chi connectivity index (χ1n) is 12.0. The number of ether oxygens (including phenoxy) is 3. The molecule has 2 heterocycles. The first-order valence-corrected chi connectivity index (χ1v) is 12.0. The summed E-state index contributed by atoms with van der Waals surface area (Å²) >= 11 is 0. The van der Waals surface area contributed by atoms with Crippen molar-refractivity contribution in [2.75, 3.05) is 19.8 Å². The molecule has 0 unspecified atom stereocenters. The molecule has 228 valence electrons. The van der Waals surface area contributed by atoms with Crippen molar-refractivity contribution < 1.29 is 54.9 Å². The molecule has 0 radical (unpaired) electrons. The number of esters is 1. The molecule has 1 amide bonds. The smallest absolute Gasteiger partial charge is 0.457 e. The van der Waals surface area contributed by atoms with E-state index in [-0.39, 0.29) is 43.2 Å². The van der Waals surface area contributed by atoms with Gasteiger partial charge in [0, 0.05) is 31.6 Å². The molecule has 1 atom stereocenters. The van der Waals surface area contributed by atoms with Crippen LogP contribution in [0.5, 0.6) is 0 Å². The second kappa shape index (κ2) is 13.9. The summed E-state index contributed by atoms with van der Waals surface area (Å²) in [6.07, 6.45) is -7.12. The predicted molar refractivity (Wildman–Crippen MR) is 130 cm³/mol. The average Bonchev–Trinajstić information content (AvgIpc) is 3.24. The minimum atomic E-state index is -4.92. The second-order valence-electron chi connectivity index (χ2n) is 9.12. The van der Waals surface area contributed by atoms with E-state index in [2.05, 4.69) is 9.72 Å². The van der Waals surface area contributed by atoms with Crippen LogP contribution < -0.4 is 5.73 Å². The third kappa shape index (κ3) is 8.73. The number of rotatable bonds is 9. The van der Waals surface area contributed by atoms with Crippen LogP contribution in [0.2, 0.25) is 0 Å². The van der Waals surface area contributed by atoms with Gasteiger partial charge >= 0.3 is 18.3 Å². The Morgan fingerprint density at radius 1 is 1.02 bits per heavy atom. The maximum Gasteiger partial charge on any atom is 0.508 e. The monoisotopic (exact) mass is 616 g/mol. The number of carbonyl (C=O) groups excluding carboxylic acids is 3. The lowest BCUT2D eigenvalue weighted by Crippen LogP contribution is -2.42. The van der Waals surface area contributed by atoms with Crippen LogP contribution in [0.3, 0.4) is 0 Å². The van der Waals surface area contributed by atoms with Crippen LogP contribution in [0.4, 0.5) is 31.1 Å². The number of hydrogen-bond acceptors (Lipinski definition) is 8. The molecule has 3 rings (SSSR count). The van der Waals surface area contributed by atoms with Crippen LogP contribution in [0.1, 0.15) is 47.8 Å². The first kappa shape index (κ1) is 33.7. The summed E-state index contributed by atoms with van der Waals surface area (Å²) in [5.74, 6) is -6.95. The number of carbonyl (C=O) groups is 3. The Kier molecular flexibility index (Phi) is 11.4. The number of imidazole rings is 1. The van der Waals surface area contributed by atoms with E-state index in [1.165, 1.54) is 0 Å². The van der Waals surface area contributed by atoms with Gasteiger partial charge in [0.25, 0.3) is 0 Å². The van der Waals surface area contributed by atoms with Gasteiger partial charge in [0.1, 0.15) is 19.0 Å². The Bertz CT molecular complexity index is 1270. The van der Waals surface area contributed by atoms with E-state index in [0.717, 1.165) is 9.47 Å². The number of alkyl halides is 3. The summed E-state index contributed by atoms with van der Waals surface area (Å²) < 4.78 is 96.4. The SMILES string of the molecule is CC(C)OC(=O)OCCOC(=O)c1nc(C(F)(F)F)n2c1CN(C(=O)C[C@H](N)Cc1cc(F)c(F)cc1F)CC2.Cl. The van der Waals surface area contributed by atoms with E-state index in [4.69, 9.17) is 15.2 Å². The number of aromatic nitrogens is 2. The fourth-order valence-corrected chi connectivity index (χ4v) is 3.94. The van der Waals surface area contributed by atoms with Gasteiger partial charge in [-0.2, -0.15) is 13.2 Å². The minimum absolute atomic E-state index is 0. The van der Waals surface area contributed by atoms with Crippen molar-refractivity contribution in [3.63, 3.8) is 0 Å². The number of nitrogens with two attached hydrogens (primary N) is 1. The number of hydrogen-bond donors (Lipinski definition) is 1. The topological polar surface area (TPSA) is 126 Å². The van der Waals surface area contributed by atoms with Crippen LogP contribution >= 0.6 is 12.4 Å². The molecule has 0 fully saturated rings. The summed E-state index contributed by atoms with van der Waals surface area (Å²) in [5.41, 5.74) is 4.74. The lowest BCUT2D eigenvalue weighted by atomic mass is 10.0. The zero-order valence-corrected chi connectivity index (χ0v) is 22.6. The molecular formula is C24H27ClF6N4O6. The van der Waals surface area contributed by atoms with Crippen LogP contribution in [-0.2, 0) is 44.7 Å². The molecular weight excluding hydrogens is 590 g/mol. The third-order valence-corrected chi connectivity index (χ3v) is 5.68. The van der Waals surface area contributed by atoms with Crippen molar-refractivity contribution in [2.24, 2.45) is 5.73 Å². The van der Waals surface area contributed by atoms with Crippen LogP contribution in [0, 0.1) is 17.5 Å². The van der Waals surface area contributed by atoms with E-state index in [1.807, 2.05) is 0 Å². The van der Waals surface area contributed by atoms with E-state index in [1.54, 1.807) is 13.8 Å². The molecule has 0 bridgehead atoms. The standard InChI is InChI=1S/C24H26F6N4O6.ClH/c1-12(2)40-23(37)39-6-5-38-21(36)20-18-11-33(3-4-34(18)22(32-20)24(28,29)30)19(35)9-14(31)7-13-8-16(26)17(27)10-15(13)25;/h8,10,12,14H,3-7,9,11,31H2,1-2H3;1H/t14-;/m1./s1. The molecule has 1 aromatic heterocycles. The van der Waals surface area contributed by atoms with Crippen LogP contribution in [0.25, 0.3) is 0 Å². The van der Waals surface area contributed by atoms with Gasteiger partial charge < -0.3 is 29.4 Å². The van der Waals surface area contributed by atoms with Gasteiger partial charge in [0.05, 0.1) is 18.3 Å². The van der Waals surface area contributed by atoms with Crippen molar-refractivity contribution >= 4 is 30.4 Å². The highest BCUT2D eigenvalue weighted by Crippen LogP contribution is 2.32. The molecule has 41 heavy (non-hydrogen) atoms. The Hall–Kier alpha value is -3.53. The molecule has 2 N–H and O–H groups in total.